The number of anilines is 1. The molecule has 0 aliphatic carbocycles. The van der Waals surface area contributed by atoms with Gasteiger partial charge in [0.05, 0.1) is 5.57 Å². The number of hydrogen-bond donors (Lipinski definition) is 2. The molecule has 2 aromatic rings. The summed E-state index contributed by atoms with van der Waals surface area (Å²) >= 11 is 0. The number of aryl methyl sites for hydroxylation is 1. The van der Waals surface area contributed by atoms with Crippen LogP contribution in [0.4, 0.5) is 5.69 Å². The Kier molecular flexibility index (Phi) is 4.64. The molecule has 3 rings (SSSR count). The molecule has 4 nitrogen and oxygen atoms in total. The van der Waals surface area contributed by atoms with E-state index in [0.29, 0.717) is 11.3 Å². The van der Waals surface area contributed by atoms with Gasteiger partial charge in [-0.25, -0.2) is 0 Å². The normalized spacial score (nSPS) is 18.6. The highest BCUT2D eigenvalue weighted by Gasteiger charge is 2.47. The quantitative estimate of drug-likeness (QED) is 0.757. The van der Waals surface area contributed by atoms with Gasteiger partial charge in [0.25, 0.3) is 0 Å². The van der Waals surface area contributed by atoms with Gasteiger partial charge in [-0.3, -0.25) is 4.79 Å². The molecule has 2 aromatic carbocycles. The van der Waals surface area contributed by atoms with E-state index in [9.17, 15) is 9.90 Å². The second-order valence-corrected chi connectivity index (χ2v) is 8.02. The van der Waals surface area contributed by atoms with E-state index in [1.807, 2.05) is 49.4 Å². The van der Waals surface area contributed by atoms with Crippen LogP contribution in [0.15, 0.2) is 48.2 Å². The van der Waals surface area contributed by atoms with Gasteiger partial charge in [-0.1, -0.05) is 31.2 Å². The van der Waals surface area contributed by atoms with Crippen molar-refractivity contribution in [3.8, 4) is 11.1 Å². The molecular weight excluding hydrogens is 338 g/mol. The van der Waals surface area contributed by atoms with Crippen molar-refractivity contribution in [1.29, 1.82) is 0 Å². The molecule has 0 amide bonds. The molecule has 142 valence electrons. The van der Waals surface area contributed by atoms with Crippen molar-refractivity contribution in [2.45, 2.75) is 52.2 Å². The Labute approximate surface area is 160 Å². The number of carbonyl (C=O) groups excluding carboxylic acids is 1. The summed E-state index contributed by atoms with van der Waals surface area (Å²) in [5.74, 6) is -0.223. The van der Waals surface area contributed by atoms with Crippen LogP contribution in [0.5, 0.6) is 0 Å². The summed E-state index contributed by atoms with van der Waals surface area (Å²) in [5.41, 5.74) is 8.66. The van der Waals surface area contributed by atoms with Crippen LogP contribution in [0, 0.1) is 0 Å². The number of rotatable bonds is 3. The molecule has 0 spiro atoms. The number of aliphatic hydroxyl groups is 1. The minimum absolute atomic E-state index is 0.0176. The molecule has 0 atom stereocenters. The molecule has 1 heterocycles. The fourth-order valence-electron chi connectivity index (χ4n) is 3.66. The van der Waals surface area contributed by atoms with Crippen LogP contribution in [-0.4, -0.2) is 22.1 Å². The van der Waals surface area contributed by atoms with Gasteiger partial charge in [0.2, 0.25) is 0 Å². The van der Waals surface area contributed by atoms with Crippen molar-refractivity contribution in [3.63, 3.8) is 0 Å². The smallest absolute Gasteiger partial charge is 0.198 e. The van der Waals surface area contributed by atoms with E-state index in [1.54, 1.807) is 27.7 Å². The maximum Gasteiger partial charge on any atom is 0.198 e. The number of ketones is 1. The molecule has 0 saturated heterocycles. The monoisotopic (exact) mass is 365 g/mol. The van der Waals surface area contributed by atoms with Gasteiger partial charge in [0.15, 0.2) is 5.78 Å². The number of benzene rings is 2. The van der Waals surface area contributed by atoms with Gasteiger partial charge >= 0.3 is 0 Å². The first-order chi connectivity index (χ1) is 12.6. The third kappa shape index (κ3) is 3.37. The first kappa shape index (κ1) is 19.2. The van der Waals surface area contributed by atoms with Gasteiger partial charge in [-0.2, -0.15) is 0 Å². The Hall–Kier alpha value is -2.59. The molecule has 0 unspecified atom stereocenters. The first-order valence-electron chi connectivity index (χ1n) is 9.24. The average molecular weight is 365 g/mol. The lowest BCUT2D eigenvalue weighted by atomic mass is 9.80. The molecular formula is C23H27NO3. The van der Waals surface area contributed by atoms with E-state index in [0.717, 1.165) is 28.7 Å². The molecule has 0 fully saturated rings. The van der Waals surface area contributed by atoms with Gasteiger partial charge in [0.1, 0.15) is 17.0 Å². The molecule has 1 aliphatic rings. The average Bonchev–Trinajstić information content (AvgIpc) is 2.60. The van der Waals surface area contributed by atoms with Gasteiger partial charge in [0, 0.05) is 5.69 Å². The number of nitrogen functional groups attached to an aromatic ring is 1. The lowest BCUT2D eigenvalue weighted by Crippen LogP contribution is -2.49. The molecule has 1 aliphatic heterocycles. The number of Topliss-reactive ketones (excluding diaryl/α,β-unsaturated/α-hetero) is 1. The Balaban J connectivity index is 2.24. The van der Waals surface area contributed by atoms with E-state index in [2.05, 4.69) is 0 Å². The summed E-state index contributed by atoms with van der Waals surface area (Å²) in [7, 11) is 0. The summed E-state index contributed by atoms with van der Waals surface area (Å²) in [6, 6.07) is 13.6. The molecule has 27 heavy (non-hydrogen) atoms. The molecule has 4 heteroatoms. The predicted octanol–water partition coefficient (Wildman–Crippen LogP) is 4.92. The highest BCUT2D eigenvalue weighted by Crippen LogP contribution is 2.41. The zero-order valence-electron chi connectivity index (χ0n) is 16.6. The number of aliphatic hydroxyl groups excluding tert-OH is 1. The zero-order valence-corrected chi connectivity index (χ0v) is 16.6. The first-order valence-corrected chi connectivity index (χ1v) is 9.24. The molecule has 0 aromatic heterocycles. The summed E-state index contributed by atoms with van der Waals surface area (Å²) < 4.78 is 5.87. The maximum atomic E-state index is 13.1. The second-order valence-electron chi connectivity index (χ2n) is 8.02. The van der Waals surface area contributed by atoms with Crippen LogP contribution in [0.25, 0.3) is 16.7 Å². The van der Waals surface area contributed by atoms with Crippen LogP contribution >= 0.6 is 0 Å². The van der Waals surface area contributed by atoms with Crippen molar-refractivity contribution < 1.29 is 14.6 Å². The third-order valence-electron chi connectivity index (χ3n) is 5.10. The second kappa shape index (κ2) is 6.54. The molecule has 0 bridgehead atoms. The fourth-order valence-corrected chi connectivity index (χ4v) is 3.66. The van der Waals surface area contributed by atoms with E-state index >= 15 is 0 Å². The largest absolute Gasteiger partial charge is 0.508 e. The summed E-state index contributed by atoms with van der Waals surface area (Å²) in [6.07, 6.45) is 0.753. The third-order valence-corrected chi connectivity index (χ3v) is 5.10. The Morgan fingerprint density at radius 3 is 2.15 bits per heavy atom. The lowest BCUT2D eigenvalue weighted by molar-refractivity contribution is -0.158. The molecule has 3 N–H and O–H groups in total. The van der Waals surface area contributed by atoms with Crippen LogP contribution in [0.2, 0.25) is 0 Å². The Morgan fingerprint density at radius 1 is 0.963 bits per heavy atom. The van der Waals surface area contributed by atoms with Crippen LogP contribution in [0.3, 0.4) is 0 Å². The molecule has 0 radical (unpaired) electrons. The van der Waals surface area contributed by atoms with E-state index in [-0.39, 0.29) is 11.5 Å². The Bertz CT molecular complexity index is 921. The highest BCUT2D eigenvalue weighted by molar-refractivity contribution is 6.26. The topological polar surface area (TPSA) is 72.6 Å². The number of nitrogens with two attached hydrogens (primary N) is 1. The van der Waals surface area contributed by atoms with Crippen LogP contribution in [0.1, 0.15) is 45.7 Å². The predicted molar refractivity (Wildman–Crippen MR) is 109 cm³/mol. The van der Waals surface area contributed by atoms with Gasteiger partial charge in [-0.05, 0) is 74.6 Å². The van der Waals surface area contributed by atoms with Crippen LogP contribution in [-0.2, 0) is 16.0 Å². The van der Waals surface area contributed by atoms with Crippen LogP contribution < -0.4 is 5.73 Å². The summed E-state index contributed by atoms with van der Waals surface area (Å²) in [4.78, 5) is 13.1. The fraction of sp³-hybridized carbons (Fsp3) is 0.348. The van der Waals surface area contributed by atoms with E-state index in [1.165, 1.54) is 0 Å². The van der Waals surface area contributed by atoms with Crippen molar-refractivity contribution >= 4 is 17.0 Å². The van der Waals surface area contributed by atoms with Gasteiger partial charge < -0.3 is 15.6 Å². The highest BCUT2D eigenvalue weighted by atomic mass is 16.5. The van der Waals surface area contributed by atoms with Crippen molar-refractivity contribution in [1.82, 2.24) is 0 Å². The minimum Gasteiger partial charge on any atom is -0.508 e. The van der Waals surface area contributed by atoms with Gasteiger partial charge in [-0.15, -0.1) is 0 Å². The summed E-state index contributed by atoms with van der Waals surface area (Å²) in [6.45, 7) is 9.11. The van der Waals surface area contributed by atoms with Crippen molar-refractivity contribution in [3.05, 3.63) is 59.4 Å². The lowest BCUT2D eigenvalue weighted by Gasteiger charge is -2.40. The Morgan fingerprint density at radius 2 is 1.56 bits per heavy atom. The standard InChI is InChI=1S/C23H27NO3/c1-6-14-7-8-16(15-9-11-17(24)12-10-15)13-18(14)19-20(25)22(2,3)27-23(4,5)21(19)26/h7-13,25H,6,24H2,1-5H3. The maximum absolute atomic E-state index is 13.1. The van der Waals surface area contributed by atoms with E-state index < -0.39 is 11.2 Å². The van der Waals surface area contributed by atoms with Crippen molar-refractivity contribution in [2.75, 3.05) is 5.73 Å². The summed E-state index contributed by atoms with van der Waals surface area (Å²) in [5, 5.41) is 10.9. The number of hydrogen-bond acceptors (Lipinski definition) is 4. The number of carbonyl (C=O) groups is 1. The van der Waals surface area contributed by atoms with E-state index in [4.69, 9.17) is 10.5 Å². The number of ether oxygens (including phenoxy) is 1. The minimum atomic E-state index is -1.01. The SMILES string of the molecule is CCc1ccc(-c2ccc(N)cc2)cc1C1=C(O)C(C)(C)OC(C)(C)C1=O. The van der Waals surface area contributed by atoms with Crippen molar-refractivity contribution in [2.24, 2.45) is 0 Å². The zero-order chi connectivity index (χ0) is 20.0. The molecule has 0 saturated carbocycles.